The molecule has 8 N–H and O–H groups in total. The van der Waals surface area contributed by atoms with Crippen LogP contribution in [0.15, 0.2) is 12.3 Å². The van der Waals surface area contributed by atoms with Crippen LogP contribution in [0.3, 0.4) is 0 Å². The third kappa shape index (κ3) is 12.5. The molecule has 0 spiro atoms. The van der Waals surface area contributed by atoms with Crippen LogP contribution < -0.4 is 32.3 Å². The average molecular weight is 628 g/mol. The number of ketones is 1. The number of nitrogen functional groups attached to an aromatic ring is 1. The molecule has 1 saturated carbocycles. The van der Waals surface area contributed by atoms with Crippen LogP contribution in [-0.2, 0) is 22.7 Å². The number of aryl methyl sites for hydroxylation is 1. The largest absolute Gasteiger partial charge is 0.480 e. The molecule has 0 aromatic carbocycles. The lowest BCUT2D eigenvalue weighted by molar-refractivity contribution is -0.138. The number of anilines is 3. The molecule has 0 bridgehead atoms. The summed E-state index contributed by atoms with van der Waals surface area (Å²) in [6, 6.07) is 1.54. The summed E-state index contributed by atoms with van der Waals surface area (Å²) < 4.78 is 1.87. The summed E-state index contributed by atoms with van der Waals surface area (Å²) in [6.07, 6.45) is 14.5. The van der Waals surface area contributed by atoms with Crippen molar-refractivity contribution < 1.29 is 14.7 Å². The van der Waals surface area contributed by atoms with Crippen molar-refractivity contribution in [3.05, 3.63) is 18.0 Å². The first-order valence-electron chi connectivity index (χ1n) is 16.8. The molecule has 45 heavy (non-hydrogen) atoms. The van der Waals surface area contributed by atoms with Crippen molar-refractivity contribution in [1.82, 2.24) is 35.6 Å². The molecule has 14 heteroatoms. The minimum atomic E-state index is -1.07. The van der Waals surface area contributed by atoms with Gasteiger partial charge < -0.3 is 37.4 Å². The molecule has 2 aromatic rings. The van der Waals surface area contributed by atoms with Gasteiger partial charge in [0.15, 0.2) is 0 Å². The molecule has 2 fully saturated rings. The topological polar surface area (TPSA) is 202 Å². The summed E-state index contributed by atoms with van der Waals surface area (Å²) in [6.45, 7) is 5.97. The van der Waals surface area contributed by atoms with Crippen molar-refractivity contribution in [2.24, 2.45) is 11.7 Å². The minimum Gasteiger partial charge on any atom is -0.480 e. The standard InChI is InChI=1S/C31H53N11O3/c32-27(30(44)45)11-10-26(43)9-8-23-12-18-41(19-13-23)29-20-28(33)37-31(38-29)36-21-25-22-42(40-39-25)17-5-15-34-14-4-16-35-24-6-2-1-3-7-24/h20,22-24,27,34-35H,1-19,21,32H2,(H,44,45)(H3,33,36,37,38)/t27-/m0/s1. The van der Waals surface area contributed by atoms with Crippen molar-refractivity contribution in [1.29, 1.82) is 0 Å². The lowest BCUT2D eigenvalue weighted by Gasteiger charge is -2.33. The van der Waals surface area contributed by atoms with E-state index in [1.54, 1.807) is 6.07 Å². The number of aliphatic carboxylic acids is 1. The Morgan fingerprint density at radius 1 is 1.02 bits per heavy atom. The molecule has 4 rings (SSSR count). The number of carboxylic acids is 1. The summed E-state index contributed by atoms with van der Waals surface area (Å²) >= 11 is 0. The fourth-order valence-electron chi connectivity index (χ4n) is 6.09. The lowest BCUT2D eigenvalue weighted by atomic mass is 9.90. The van der Waals surface area contributed by atoms with Crippen LogP contribution in [0, 0.1) is 5.92 Å². The van der Waals surface area contributed by atoms with Gasteiger partial charge in [-0.1, -0.05) is 24.5 Å². The number of nitrogens with two attached hydrogens (primary N) is 2. The Kier molecular flexibility index (Phi) is 14.2. The van der Waals surface area contributed by atoms with Gasteiger partial charge in [0.25, 0.3) is 0 Å². The highest BCUT2D eigenvalue weighted by Crippen LogP contribution is 2.27. The fraction of sp³-hybridized carbons (Fsp3) is 0.742. The molecule has 1 aliphatic heterocycles. The number of carbonyl (C=O) groups excluding carboxylic acids is 1. The van der Waals surface area contributed by atoms with E-state index < -0.39 is 12.0 Å². The maximum absolute atomic E-state index is 12.2. The normalized spacial score (nSPS) is 17.0. The Morgan fingerprint density at radius 2 is 1.80 bits per heavy atom. The molecule has 2 aromatic heterocycles. The van der Waals surface area contributed by atoms with Gasteiger partial charge in [-0.25, -0.2) is 0 Å². The number of rotatable bonds is 20. The van der Waals surface area contributed by atoms with Crippen LogP contribution in [0.4, 0.5) is 17.6 Å². The van der Waals surface area contributed by atoms with E-state index in [0.717, 1.165) is 88.9 Å². The van der Waals surface area contributed by atoms with Gasteiger partial charge in [0.05, 0.1) is 12.7 Å². The van der Waals surface area contributed by atoms with E-state index >= 15 is 0 Å². The SMILES string of the molecule is Nc1cc(N2CCC(CCC(=O)CC[C@H](N)C(=O)O)CC2)nc(NCc2cn(CCCNCCCNC3CCCCC3)nn2)n1. The van der Waals surface area contributed by atoms with Crippen LogP contribution >= 0.6 is 0 Å². The highest BCUT2D eigenvalue weighted by molar-refractivity contribution is 5.80. The third-order valence-electron chi connectivity index (χ3n) is 8.88. The van der Waals surface area contributed by atoms with Crippen LogP contribution in [0.25, 0.3) is 0 Å². The fourth-order valence-corrected chi connectivity index (χ4v) is 6.09. The van der Waals surface area contributed by atoms with Crippen molar-refractivity contribution in [2.45, 2.75) is 109 Å². The predicted molar refractivity (Wildman–Crippen MR) is 175 cm³/mol. The molecule has 0 amide bonds. The number of hydrogen-bond acceptors (Lipinski definition) is 12. The molecule has 0 unspecified atom stereocenters. The second-order valence-corrected chi connectivity index (χ2v) is 12.5. The maximum atomic E-state index is 12.2. The van der Waals surface area contributed by atoms with Crippen molar-refractivity contribution in [2.75, 3.05) is 48.7 Å². The molecule has 250 valence electrons. The van der Waals surface area contributed by atoms with Crippen LogP contribution in [-0.4, -0.2) is 86.6 Å². The number of nitrogens with one attached hydrogen (secondary N) is 3. The highest BCUT2D eigenvalue weighted by Gasteiger charge is 2.22. The number of aromatic nitrogens is 5. The zero-order valence-electron chi connectivity index (χ0n) is 26.6. The second-order valence-electron chi connectivity index (χ2n) is 12.5. The predicted octanol–water partition coefficient (Wildman–Crippen LogP) is 2.31. The van der Waals surface area contributed by atoms with Gasteiger partial charge in [-0.3, -0.25) is 14.3 Å². The molecule has 3 heterocycles. The zero-order valence-corrected chi connectivity index (χ0v) is 26.6. The summed E-state index contributed by atoms with van der Waals surface area (Å²) in [7, 11) is 0. The molecule has 1 saturated heterocycles. The highest BCUT2D eigenvalue weighted by atomic mass is 16.4. The number of carboxylic acid groups (broad SMARTS) is 1. The number of carbonyl (C=O) groups is 2. The maximum Gasteiger partial charge on any atom is 0.320 e. The van der Waals surface area contributed by atoms with E-state index in [1.807, 2.05) is 10.9 Å². The number of piperidine rings is 1. The smallest absolute Gasteiger partial charge is 0.320 e. The monoisotopic (exact) mass is 627 g/mol. The second kappa shape index (κ2) is 18.6. The first kappa shape index (κ1) is 34.5. The van der Waals surface area contributed by atoms with Crippen LogP contribution in [0.2, 0.25) is 0 Å². The molecular formula is C31H53N11O3. The lowest BCUT2D eigenvalue weighted by Crippen LogP contribution is -2.34. The van der Waals surface area contributed by atoms with Crippen molar-refractivity contribution in [3.8, 4) is 0 Å². The molecule has 1 atom stereocenters. The van der Waals surface area contributed by atoms with Gasteiger partial charge in [-0.05, 0) is 76.9 Å². The first-order valence-corrected chi connectivity index (χ1v) is 16.8. The summed E-state index contributed by atoms with van der Waals surface area (Å²) in [5, 5.41) is 27.9. The van der Waals surface area contributed by atoms with Gasteiger partial charge >= 0.3 is 5.97 Å². The minimum absolute atomic E-state index is 0.0776. The van der Waals surface area contributed by atoms with E-state index in [4.69, 9.17) is 21.6 Å². The third-order valence-corrected chi connectivity index (χ3v) is 8.88. The van der Waals surface area contributed by atoms with E-state index in [2.05, 4.69) is 36.1 Å². The first-order chi connectivity index (χ1) is 21.9. The van der Waals surface area contributed by atoms with Crippen molar-refractivity contribution >= 4 is 29.3 Å². The van der Waals surface area contributed by atoms with Crippen molar-refractivity contribution in [3.63, 3.8) is 0 Å². The van der Waals surface area contributed by atoms with E-state index in [0.29, 0.717) is 30.6 Å². The zero-order chi connectivity index (χ0) is 31.9. The number of nitrogens with zero attached hydrogens (tertiary/aromatic N) is 6. The molecule has 0 radical (unpaired) electrons. The molecular weight excluding hydrogens is 574 g/mol. The Balaban J connectivity index is 1.09. The van der Waals surface area contributed by atoms with E-state index in [1.165, 1.54) is 32.1 Å². The average Bonchev–Trinajstić information content (AvgIpc) is 3.51. The number of hydrogen-bond donors (Lipinski definition) is 6. The van der Waals surface area contributed by atoms with E-state index in [-0.39, 0.29) is 18.6 Å². The Hall–Kier alpha value is -3.36. The van der Waals surface area contributed by atoms with E-state index in [9.17, 15) is 9.59 Å². The molecule has 14 nitrogen and oxygen atoms in total. The van der Waals surface area contributed by atoms with Gasteiger partial charge in [0.2, 0.25) is 5.95 Å². The summed E-state index contributed by atoms with van der Waals surface area (Å²) in [5.41, 5.74) is 12.4. The van der Waals surface area contributed by atoms with Gasteiger partial charge in [0, 0.05) is 44.6 Å². The van der Waals surface area contributed by atoms with Gasteiger partial charge in [-0.2, -0.15) is 9.97 Å². The Bertz CT molecular complexity index is 1180. The summed E-state index contributed by atoms with van der Waals surface area (Å²) in [5.74, 6) is 1.09. The Morgan fingerprint density at radius 3 is 2.58 bits per heavy atom. The van der Waals surface area contributed by atoms with Crippen LogP contribution in [0.1, 0.15) is 89.2 Å². The van der Waals surface area contributed by atoms with Crippen LogP contribution in [0.5, 0.6) is 0 Å². The molecule has 2 aliphatic rings. The number of Topliss-reactive ketones (excluding diaryl/α,β-unsaturated/α-hetero) is 1. The Labute approximate surface area is 266 Å². The summed E-state index contributed by atoms with van der Waals surface area (Å²) in [4.78, 5) is 34.2. The van der Waals surface area contributed by atoms with Gasteiger partial charge in [-0.15, -0.1) is 5.10 Å². The van der Waals surface area contributed by atoms with Gasteiger partial charge in [0.1, 0.15) is 29.2 Å². The quantitative estimate of drug-likeness (QED) is 0.117. The molecule has 1 aliphatic carbocycles.